The van der Waals surface area contributed by atoms with E-state index < -0.39 is 6.04 Å². The van der Waals surface area contributed by atoms with Crippen molar-refractivity contribution in [1.29, 1.82) is 0 Å². The molecule has 15 heavy (non-hydrogen) atoms. The Labute approximate surface area is 89.6 Å². The van der Waals surface area contributed by atoms with Crippen molar-refractivity contribution < 1.29 is 4.79 Å². The summed E-state index contributed by atoms with van der Waals surface area (Å²) in [5.74, 6) is -0.362. The molecule has 1 aromatic rings. The molecule has 0 saturated heterocycles. The maximum absolute atomic E-state index is 11.3. The highest BCUT2D eigenvalue weighted by Gasteiger charge is 2.21. The van der Waals surface area contributed by atoms with Gasteiger partial charge in [-0.1, -0.05) is 13.8 Å². The first kappa shape index (κ1) is 11.7. The highest BCUT2D eigenvalue weighted by Crippen LogP contribution is 2.17. The van der Waals surface area contributed by atoms with Crippen LogP contribution in [0.5, 0.6) is 0 Å². The molecule has 0 aliphatic rings. The molecule has 5 nitrogen and oxygen atoms in total. The minimum Gasteiger partial charge on any atom is -0.368 e. The first-order chi connectivity index (χ1) is 7.10. The molecule has 3 N–H and O–H groups in total. The Morgan fingerprint density at radius 2 is 2.33 bits per heavy atom. The predicted octanol–water partition coefficient (Wildman–Crippen LogP) is 0.118. The summed E-state index contributed by atoms with van der Waals surface area (Å²) in [5, 5.41) is 7.34. The number of nitrogens with zero attached hydrogens (tertiary/aromatic N) is 2. The van der Waals surface area contributed by atoms with Gasteiger partial charge in [0.2, 0.25) is 5.91 Å². The molecule has 0 radical (unpaired) electrons. The average molecular weight is 210 g/mol. The fourth-order valence-corrected chi connectivity index (χ4v) is 1.64. The summed E-state index contributed by atoms with van der Waals surface area (Å²) in [6.45, 7) is 4.65. The molecule has 0 aromatic carbocycles. The van der Waals surface area contributed by atoms with E-state index in [0.29, 0.717) is 6.54 Å². The molecule has 1 rings (SSSR count). The number of nitrogens with one attached hydrogen (secondary N) is 1. The number of nitrogens with two attached hydrogens (primary N) is 1. The molecule has 1 unspecified atom stereocenters. The Kier molecular flexibility index (Phi) is 3.85. The van der Waals surface area contributed by atoms with Gasteiger partial charge in [0.25, 0.3) is 0 Å². The van der Waals surface area contributed by atoms with E-state index in [1.807, 2.05) is 27.1 Å². The zero-order valence-electron chi connectivity index (χ0n) is 9.45. The molecule has 1 aromatic heterocycles. The lowest BCUT2D eigenvalue weighted by atomic mass is 10.1. The molecule has 0 saturated carbocycles. The van der Waals surface area contributed by atoms with E-state index in [4.69, 9.17) is 5.73 Å². The highest BCUT2D eigenvalue weighted by atomic mass is 16.1. The lowest BCUT2D eigenvalue weighted by Crippen LogP contribution is -2.33. The first-order valence-electron chi connectivity index (χ1n) is 5.15. The van der Waals surface area contributed by atoms with Gasteiger partial charge in [-0.2, -0.15) is 5.10 Å². The van der Waals surface area contributed by atoms with E-state index in [2.05, 4.69) is 10.4 Å². The van der Waals surface area contributed by atoms with Gasteiger partial charge in [-0.3, -0.25) is 9.48 Å². The monoisotopic (exact) mass is 210 g/mol. The molecular formula is C10H18N4O. The van der Waals surface area contributed by atoms with Crippen LogP contribution in [0, 0.1) is 0 Å². The maximum atomic E-state index is 11.3. The highest BCUT2D eigenvalue weighted by molar-refractivity contribution is 5.81. The largest absolute Gasteiger partial charge is 0.368 e. The number of amides is 1. The van der Waals surface area contributed by atoms with Crippen LogP contribution in [0.3, 0.4) is 0 Å². The average Bonchev–Trinajstić information content (AvgIpc) is 2.55. The molecule has 84 valence electrons. The van der Waals surface area contributed by atoms with Crippen molar-refractivity contribution in [2.45, 2.75) is 26.3 Å². The quantitative estimate of drug-likeness (QED) is 0.725. The van der Waals surface area contributed by atoms with Crippen molar-refractivity contribution in [2.75, 3.05) is 6.54 Å². The van der Waals surface area contributed by atoms with Gasteiger partial charge in [0.1, 0.15) is 6.04 Å². The van der Waals surface area contributed by atoms with Crippen LogP contribution in [0.25, 0.3) is 0 Å². The summed E-state index contributed by atoms with van der Waals surface area (Å²) in [4.78, 5) is 11.3. The molecule has 0 fully saturated rings. The van der Waals surface area contributed by atoms with Crippen molar-refractivity contribution in [2.24, 2.45) is 12.8 Å². The van der Waals surface area contributed by atoms with Gasteiger partial charge in [0.05, 0.1) is 5.69 Å². The number of rotatable bonds is 5. The van der Waals surface area contributed by atoms with Crippen LogP contribution in [-0.4, -0.2) is 22.2 Å². The molecule has 0 bridgehead atoms. The van der Waals surface area contributed by atoms with Crippen LogP contribution in [0.15, 0.2) is 6.20 Å². The van der Waals surface area contributed by atoms with Crippen LogP contribution in [0.1, 0.15) is 31.1 Å². The summed E-state index contributed by atoms with van der Waals surface area (Å²) in [6, 6.07) is -0.432. The van der Waals surface area contributed by atoms with Crippen molar-refractivity contribution in [3.05, 3.63) is 17.5 Å². The molecule has 5 heteroatoms. The Morgan fingerprint density at radius 3 is 2.80 bits per heavy atom. The van der Waals surface area contributed by atoms with Crippen LogP contribution in [-0.2, 0) is 18.3 Å². The van der Waals surface area contributed by atoms with E-state index in [0.717, 1.165) is 17.7 Å². The standard InChI is InChI=1S/C10H18N4O/c1-4-8-7(6-14(3)13-8)9(10(11)15)12-5-2/h6,9,12H,4-5H2,1-3H3,(H2,11,15). The van der Waals surface area contributed by atoms with E-state index in [9.17, 15) is 4.79 Å². The number of primary amides is 1. The molecule has 1 amide bonds. The minimum atomic E-state index is -0.432. The number of aromatic nitrogens is 2. The van der Waals surface area contributed by atoms with Crippen LogP contribution in [0.4, 0.5) is 0 Å². The Morgan fingerprint density at radius 1 is 1.67 bits per heavy atom. The third-order valence-corrected chi connectivity index (χ3v) is 2.28. The van der Waals surface area contributed by atoms with E-state index in [-0.39, 0.29) is 5.91 Å². The second-order valence-electron chi connectivity index (χ2n) is 3.45. The summed E-state index contributed by atoms with van der Waals surface area (Å²) >= 11 is 0. The number of hydrogen-bond acceptors (Lipinski definition) is 3. The Bertz CT molecular complexity index is 345. The van der Waals surface area contributed by atoms with Gasteiger partial charge < -0.3 is 11.1 Å². The zero-order valence-corrected chi connectivity index (χ0v) is 9.45. The van der Waals surface area contributed by atoms with Crippen molar-refractivity contribution in [1.82, 2.24) is 15.1 Å². The Balaban J connectivity index is 3.03. The topological polar surface area (TPSA) is 72.9 Å². The number of hydrogen-bond donors (Lipinski definition) is 2. The second-order valence-corrected chi connectivity index (χ2v) is 3.45. The summed E-state index contributed by atoms with van der Waals surface area (Å²) in [6.07, 6.45) is 2.64. The maximum Gasteiger partial charge on any atom is 0.239 e. The van der Waals surface area contributed by atoms with Gasteiger partial charge >= 0.3 is 0 Å². The molecule has 0 spiro atoms. The smallest absolute Gasteiger partial charge is 0.239 e. The van der Waals surface area contributed by atoms with Gasteiger partial charge in [-0.25, -0.2) is 0 Å². The van der Waals surface area contributed by atoms with Crippen molar-refractivity contribution in [3.63, 3.8) is 0 Å². The fraction of sp³-hybridized carbons (Fsp3) is 0.600. The summed E-state index contributed by atoms with van der Waals surface area (Å²) in [7, 11) is 1.84. The van der Waals surface area contributed by atoms with Crippen LogP contribution >= 0.6 is 0 Å². The third kappa shape index (κ3) is 2.56. The number of carbonyl (C=O) groups is 1. The molecule has 0 aliphatic carbocycles. The van der Waals surface area contributed by atoms with Gasteiger partial charge in [0, 0.05) is 18.8 Å². The fourth-order valence-electron chi connectivity index (χ4n) is 1.64. The van der Waals surface area contributed by atoms with E-state index in [1.165, 1.54) is 0 Å². The normalized spacial score (nSPS) is 12.7. The third-order valence-electron chi connectivity index (χ3n) is 2.28. The molecular weight excluding hydrogens is 192 g/mol. The molecule has 1 heterocycles. The first-order valence-corrected chi connectivity index (χ1v) is 5.15. The van der Waals surface area contributed by atoms with E-state index in [1.54, 1.807) is 4.68 Å². The van der Waals surface area contributed by atoms with Gasteiger partial charge in [-0.05, 0) is 13.0 Å². The van der Waals surface area contributed by atoms with Crippen LogP contribution in [0.2, 0.25) is 0 Å². The number of aryl methyl sites for hydroxylation is 2. The van der Waals surface area contributed by atoms with Gasteiger partial charge in [0.15, 0.2) is 0 Å². The SMILES string of the molecule is CCNC(C(N)=O)c1cn(C)nc1CC. The summed E-state index contributed by atoms with van der Waals surface area (Å²) < 4.78 is 1.71. The molecule has 1 atom stereocenters. The second kappa shape index (κ2) is 4.93. The Hall–Kier alpha value is -1.36. The van der Waals surface area contributed by atoms with Crippen molar-refractivity contribution in [3.8, 4) is 0 Å². The molecule has 0 aliphatic heterocycles. The van der Waals surface area contributed by atoms with Crippen LogP contribution < -0.4 is 11.1 Å². The lowest BCUT2D eigenvalue weighted by Gasteiger charge is -2.13. The van der Waals surface area contributed by atoms with Crippen molar-refractivity contribution >= 4 is 5.91 Å². The minimum absolute atomic E-state index is 0.362. The predicted molar refractivity (Wildman–Crippen MR) is 58.2 cm³/mol. The number of likely N-dealkylation sites (N-methyl/N-ethyl adjacent to an activating group) is 1. The number of carbonyl (C=O) groups excluding carboxylic acids is 1. The lowest BCUT2D eigenvalue weighted by molar-refractivity contribution is -0.120. The zero-order chi connectivity index (χ0) is 11.4. The van der Waals surface area contributed by atoms with E-state index >= 15 is 0 Å². The van der Waals surface area contributed by atoms with Gasteiger partial charge in [-0.15, -0.1) is 0 Å². The summed E-state index contributed by atoms with van der Waals surface area (Å²) in [5.41, 5.74) is 7.15.